The molecule has 0 saturated heterocycles. The Morgan fingerprint density at radius 3 is 2.00 bits per heavy atom. The van der Waals surface area contributed by atoms with Crippen LogP contribution in [0.3, 0.4) is 0 Å². The van der Waals surface area contributed by atoms with Crippen molar-refractivity contribution in [3.8, 4) is 0 Å². The molecular formula is C11H26N3+. The standard InChI is InChI=1S/C11H26N3/c1-7-9-10-14(8-2)11(12(3)4)13(5)6/h7-10H2,1-6H3/q+1. The molecule has 0 aromatic heterocycles. The minimum atomic E-state index is 1.08. The number of rotatable bonds is 4. The Labute approximate surface area is 89.0 Å². The molecule has 0 aliphatic heterocycles. The fourth-order valence-corrected chi connectivity index (χ4v) is 1.71. The zero-order valence-corrected chi connectivity index (χ0v) is 10.7. The summed E-state index contributed by atoms with van der Waals surface area (Å²) in [7, 11) is 8.40. The van der Waals surface area contributed by atoms with Gasteiger partial charge in [-0.1, -0.05) is 13.3 Å². The molecule has 0 rings (SSSR count). The molecule has 0 atom stereocenters. The van der Waals surface area contributed by atoms with Crippen LogP contribution in [0.1, 0.15) is 26.7 Å². The molecule has 3 nitrogen and oxygen atoms in total. The van der Waals surface area contributed by atoms with Crippen LogP contribution in [-0.4, -0.2) is 61.6 Å². The highest BCUT2D eigenvalue weighted by Gasteiger charge is 2.19. The molecule has 3 heteroatoms. The topological polar surface area (TPSA) is 9.49 Å². The van der Waals surface area contributed by atoms with Crippen LogP contribution in [0, 0.1) is 0 Å². The Morgan fingerprint density at radius 1 is 1.14 bits per heavy atom. The molecule has 0 amide bonds. The van der Waals surface area contributed by atoms with Gasteiger partial charge in [-0.05, 0) is 13.3 Å². The Balaban J connectivity index is 4.53. The third-order valence-corrected chi connectivity index (χ3v) is 2.25. The van der Waals surface area contributed by atoms with Gasteiger partial charge in [0.1, 0.15) is 0 Å². The SMILES string of the molecule is CCCCN(CC)C(N(C)C)=[N+](C)C. The van der Waals surface area contributed by atoms with Crippen LogP contribution < -0.4 is 0 Å². The van der Waals surface area contributed by atoms with Crippen molar-refractivity contribution in [2.75, 3.05) is 41.3 Å². The molecule has 84 valence electrons. The monoisotopic (exact) mass is 200 g/mol. The van der Waals surface area contributed by atoms with E-state index in [1.165, 1.54) is 18.8 Å². The van der Waals surface area contributed by atoms with Crippen molar-refractivity contribution >= 4 is 5.96 Å². The van der Waals surface area contributed by atoms with E-state index in [1.54, 1.807) is 0 Å². The summed E-state index contributed by atoms with van der Waals surface area (Å²) in [5.74, 6) is 1.29. The van der Waals surface area contributed by atoms with E-state index in [1.807, 2.05) is 0 Å². The van der Waals surface area contributed by atoms with Crippen LogP contribution in [0.2, 0.25) is 0 Å². The molecule has 0 unspecified atom stereocenters. The summed E-state index contributed by atoms with van der Waals surface area (Å²) in [6.45, 7) is 6.67. The lowest BCUT2D eigenvalue weighted by Gasteiger charge is -2.23. The Morgan fingerprint density at radius 2 is 1.71 bits per heavy atom. The molecule has 0 bridgehead atoms. The maximum absolute atomic E-state index is 2.42. The summed E-state index contributed by atoms with van der Waals surface area (Å²) in [5.41, 5.74) is 0. The summed E-state index contributed by atoms with van der Waals surface area (Å²) in [5, 5.41) is 0. The van der Waals surface area contributed by atoms with Gasteiger partial charge in [0.25, 0.3) is 0 Å². The van der Waals surface area contributed by atoms with Crippen molar-refractivity contribution in [1.82, 2.24) is 9.80 Å². The maximum Gasteiger partial charge on any atom is 0.349 e. The number of guanidine groups is 1. The largest absolute Gasteiger partial charge is 0.349 e. The first-order chi connectivity index (χ1) is 6.54. The highest BCUT2D eigenvalue weighted by atomic mass is 15.4. The summed E-state index contributed by atoms with van der Waals surface area (Å²) >= 11 is 0. The third-order valence-electron chi connectivity index (χ3n) is 2.25. The van der Waals surface area contributed by atoms with Crippen molar-refractivity contribution in [1.29, 1.82) is 0 Å². The van der Waals surface area contributed by atoms with Gasteiger partial charge in [0.05, 0.1) is 41.3 Å². The predicted molar refractivity (Wildman–Crippen MR) is 63.0 cm³/mol. The van der Waals surface area contributed by atoms with E-state index in [2.05, 4.69) is 56.4 Å². The van der Waals surface area contributed by atoms with Gasteiger partial charge in [0.15, 0.2) is 0 Å². The highest BCUT2D eigenvalue weighted by molar-refractivity contribution is 5.74. The number of hydrogen-bond acceptors (Lipinski definition) is 0. The molecule has 0 N–H and O–H groups in total. The van der Waals surface area contributed by atoms with Gasteiger partial charge in [0.2, 0.25) is 0 Å². The fraction of sp³-hybridized carbons (Fsp3) is 0.909. The minimum Gasteiger partial charge on any atom is -0.270 e. The van der Waals surface area contributed by atoms with Gasteiger partial charge in [-0.25, -0.2) is 0 Å². The first-order valence-corrected chi connectivity index (χ1v) is 5.51. The van der Waals surface area contributed by atoms with E-state index < -0.39 is 0 Å². The Kier molecular flexibility index (Phi) is 6.34. The van der Waals surface area contributed by atoms with E-state index >= 15 is 0 Å². The Bertz CT molecular complexity index is 181. The van der Waals surface area contributed by atoms with Gasteiger partial charge in [-0.3, -0.25) is 14.4 Å². The number of hydrogen-bond donors (Lipinski definition) is 0. The van der Waals surface area contributed by atoms with Crippen molar-refractivity contribution in [2.45, 2.75) is 26.7 Å². The van der Waals surface area contributed by atoms with E-state index in [-0.39, 0.29) is 0 Å². The predicted octanol–water partition coefficient (Wildman–Crippen LogP) is 1.30. The zero-order chi connectivity index (χ0) is 11.1. The lowest BCUT2D eigenvalue weighted by molar-refractivity contribution is -0.476. The third kappa shape index (κ3) is 3.99. The van der Waals surface area contributed by atoms with Crippen LogP contribution >= 0.6 is 0 Å². The molecule has 0 spiro atoms. The van der Waals surface area contributed by atoms with Crippen molar-refractivity contribution in [3.05, 3.63) is 0 Å². The van der Waals surface area contributed by atoms with Gasteiger partial charge in [-0.15, -0.1) is 0 Å². The van der Waals surface area contributed by atoms with E-state index in [4.69, 9.17) is 0 Å². The quantitative estimate of drug-likeness (QED) is 0.384. The lowest BCUT2D eigenvalue weighted by atomic mass is 10.3. The smallest absolute Gasteiger partial charge is 0.270 e. The molecule has 0 aromatic rings. The lowest BCUT2D eigenvalue weighted by Crippen LogP contribution is -2.45. The molecule has 14 heavy (non-hydrogen) atoms. The van der Waals surface area contributed by atoms with Crippen LogP contribution in [0.5, 0.6) is 0 Å². The molecule has 0 radical (unpaired) electrons. The minimum absolute atomic E-state index is 1.08. The van der Waals surface area contributed by atoms with Gasteiger partial charge in [-0.2, -0.15) is 0 Å². The first kappa shape index (κ1) is 13.3. The molecule has 0 saturated carbocycles. The van der Waals surface area contributed by atoms with Crippen molar-refractivity contribution in [2.24, 2.45) is 0 Å². The van der Waals surface area contributed by atoms with Crippen LogP contribution in [-0.2, 0) is 0 Å². The maximum atomic E-state index is 2.42. The molecule has 0 aromatic carbocycles. The summed E-state index contributed by atoms with van der Waals surface area (Å²) in [4.78, 5) is 4.60. The summed E-state index contributed by atoms with van der Waals surface area (Å²) in [6, 6.07) is 0. The van der Waals surface area contributed by atoms with E-state index in [0.717, 1.165) is 13.1 Å². The second-order valence-electron chi connectivity index (χ2n) is 4.02. The average Bonchev–Trinajstić information content (AvgIpc) is 2.10. The van der Waals surface area contributed by atoms with Crippen LogP contribution in [0.15, 0.2) is 0 Å². The van der Waals surface area contributed by atoms with E-state index in [0.29, 0.717) is 0 Å². The second-order valence-corrected chi connectivity index (χ2v) is 4.02. The second kappa shape index (κ2) is 6.68. The van der Waals surface area contributed by atoms with E-state index in [9.17, 15) is 0 Å². The van der Waals surface area contributed by atoms with Gasteiger partial charge in [0, 0.05) is 0 Å². The van der Waals surface area contributed by atoms with Crippen LogP contribution in [0.25, 0.3) is 0 Å². The number of unbranched alkanes of at least 4 members (excludes halogenated alkanes) is 1. The number of nitrogens with zero attached hydrogens (tertiary/aromatic N) is 3. The average molecular weight is 200 g/mol. The molecule has 0 heterocycles. The van der Waals surface area contributed by atoms with Crippen LogP contribution in [0.4, 0.5) is 0 Å². The van der Waals surface area contributed by atoms with Gasteiger partial charge < -0.3 is 0 Å². The summed E-state index contributed by atoms with van der Waals surface area (Å²) in [6.07, 6.45) is 2.52. The highest BCUT2D eigenvalue weighted by Crippen LogP contribution is 1.98. The zero-order valence-electron chi connectivity index (χ0n) is 10.7. The fourth-order valence-electron chi connectivity index (χ4n) is 1.71. The molecular weight excluding hydrogens is 174 g/mol. The first-order valence-electron chi connectivity index (χ1n) is 5.51. The normalized spacial score (nSPS) is 9.86. The summed E-state index contributed by atoms with van der Waals surface area (Å²) < 4.78 is 2.18. The molecule has 0 aliphatic rings. The van der Waals surface area contributed by atoms with Crippen molar-refractivity contribution < 1.29 is 4.58 Å². The molecule has 0 fully saturated rings. The molecule has 0 aliphatic carbocycles. The van der Waals surface area contributed by atoms with Gasteiger partial charge >= 0.3 is 5.96 Å². The van der Waals surface area contributed by atoms with Crippen molar-refractivity contribution in [3.63, 3.8) is 0 Å². The Hall–Kier alpha value is -0.730.